The van der Waals surface area contributed by atoms with Crippen LogP contribution in [0.15, 0.2) is 6.20 Å². The van der Waals surface area contributed by atoms with Gasteiger partial charge in [-0.1, -0.05) is 6.92 Å². The van der Waals surface area contributed by atoms with Crippen molar-refractivity contribution in [3.63, 3.8) is 0 Å². The lowest BCUT2D eigenvalue weighted by molar-refractivity contribution is 0.0614. The van der Waals surface area contributed by atoms with Gasteiger partial charge in [-0.2, -0.15) is 0 Å². The van der Waals surface area contributed by atoms with Gasteiger partial charge in [-0.05, 0) is 32.1 Å². The smallest absolute Gasteiger partial charge is 0.203 e. The van der Waals surface area contributed by atoms with Gasteiger partial charge in [0.25, 0.3) is 0 Å². The molecular formula is C13H23N3O. The van der Waals surface area contributed by atoms with E-state index in [0.29, 0.717) is 0 Å². The van der Waals surface area contributed by atoms with Crippen molar-refractivity contribution in [3.8, 4) is 0 Å². The number of imidazole rings is 1. The average molecular weight is 237 g/mol. The van der Waals surface area contributed by atoms with E-state index in [1.165, 1.54) is 12.8 Å². The second-order valence-electron chi connectivity index (χ2n) is 4.84. The summed E-state index contributed by atoms with van der Waals surface area (Å²) in [7, 11) is 0. The first-order valence-corrected chi connectivity index (χ1v) is 6.65. The van der Waals surface area contributed by atoms with E-state index in [1.807, 2.05) is 0 Å². The molecule has 1 saturated heterocycles. The number of aromatic nitrogens is 2. The molecule has 0 amide bonds. The third-order valence-corrected chi connectivity index (χ3v) is 3.23. The third-order valence-electron chi connectivity index (χ3n) is 3.23. The van der Waals surface area contributed by atoms with Crippen molar-refractivity contribution in [2.24, 2.45) is 5.92 Å². The predicted molar refractivity (Wildman–Crippen MR) is 69.3 cm³/mol. The topological polar surface area (TPSA) is 39.1 Å². The van der Waals surface area contributed by atoms with Crippen LogP contribution in [0.2, 0.25) is 0 Å². The highest BCUT2D eigenvalue weighted by molar-refractivity contribution is 5.28. The molecule has 0 spiro atoms. The van der Waals surface area contributed by atoms with E-state index >= 15 is 0 Å². The standard InChI is InChI=1S/C13H23N3O/c1-3-6-14-13-15-11(2)9-16(13)10-12-4-7-17-8-5-12/h9,12H,3-8,10H2,1-2H3,(H,14,15). The van der Waals surface area contributed by atoms with Crippen LogP contribution >= 0.6 is 0 Å². The van der Waals surface area contributed by atoms with Crippen LogP contribution in [-0.2, 0) is 11.3 Å². The summed E-state index contributed by atoms with van der Waals surface area (Å²) in [5.41, 5.74) is 1.09. The average Bonchev–Trinajstić information content (AvgIpc) is 2.68. The molecule has 0 unspecified atom stereocenters. The lowest BCUT2D eigenvalue weighted by atomic mass is 10.0. The van der Waals surface area contributed by atoms with Crippen LogP contribution in [-0.4, -0.2) is 29.3 Å². The first kappa shape index (κ1) is 12.4. The fourth-order valence-corrected chi connectivity index (χ4v) is 2.27. The molecular weight excluding hydrogens is 214 g/mol. The Balaban J connectivity index is 1.97. The summed E-state index contributed by atoms with van der Waals surface area (Å²) in [4.78, 5) is 4.53. The summed E-state index contributed by atoms with van der Waals surface area (Å²) < 4.78 is 7.66. The molecule has 0 bridgehead atoms. The molecule has 2 heterocycles. The maximum absolute atomic E-state index is 5.40. The monoisotopic (exact) mass is 237 g/mol. The Morgan fingerprint density at radius 1 is 1.47 bits per heavy atom. The van der Waals surface area contributed by atoms with Gasteiger partial charge >= 0.3 is 0 Å². The molecule has 1 aliphatic heterocycles. The molecule has 1 aromatic heterocycles. The molecule has 2 rings (SSSR count). The van der Waals surface area contributed by atoms with Crippen LogP contribution in [0.1, 0.15) is 31.9 Å². The first-order valence-electron chi connectivity index (χ1n) is 6.65. The number of nitrogens with one attached hydrogen (secondary N) is 1. The maximum atomic E-state index is 5.40. The molecule has 17 heavy (non-hydrogen) atoms. The largest absolute Gasteiger partial charge is 0.381 e. The van der Waals surface area contributed by atoms with Gasteiger partial charge in [0, 0.05) is 32.5 Å². The number of nitrogens with zero attached hydrogens (tertiary/aromatic N) is 2. The number of anilines is 1. The summed E-state index contributed by atoms with van der Waals surface area (Å²) in [5.74, 6) is 1.76. The zero-order valence-corrected chi connectivity index (χ0v) is 10.9. The van der Waals surface area contributed by atoms with E-state index in [-0.39, 0.29) is 0 Å². The summed E-state index contributed by atoms with van der Waals surface area (Å²) in [6.45, 7) is 8.11. The first-order chi connectivity index (χ1) is 8.29. The quantitative estimate of drug-likeness (QED) is 0.855. The van der Waals surface area contributed by atoms with Gasteiger partial charge in [-0.15, -0.1) is 0 Å². The Hall–Kier alpha value is -1.03. The lowest BCUT2D eigenvalue weighted by Gasteiger charge is -2.23. The Kier molecular flexibility index (Phi) is 4.42. The van der Waals surface area contributed by atoms with Crippen LogP contribution in [0.25, 0.3) is 0 Å². The van der Waals surface area contributed by atoms with Gasteiger partial charge in [-0.3, -0.25) is 0 Å². The lowest BCUT2D eigenvalue weighted by Crippen LogP contribution is -2.21. The minimum Gasteiger partial charge on any atom is -0.381 e. The van der Waals surface area contributed by atoms with Gasteiger partial charge in [0.2, 0.25) is 5.95 Å². The summed E-state index contributed by atoms with van der Waals surface area (Å²) in [6, 6.07) is 0. The summed E-state index contributed by atoms with van der Waals surface area (Å²) >= 11 is 0. The third kappa shape index (κ3) is 3.46. The van der Waals surface area contributed by atoms with Gasteiger partial charge in [0.05, 0.1) is 5.69 Å². The number of hydrogen-bond acceptors (Lipinski definition) is 3. The molecule has 4 nitrogen and oxygen atoms in total. The van der Waals surface area contributed by atoms with Crippen LogP contribution in [0, 0.1) is 12.8 Å². The van der Waals surface area contributed by atoms with Gasteiger partial charge in [0.15, 0.2) is 0 Å². The van der Waals surface area contributed by atoms with E-state index in [4.69, 9.17) is 4.74 Å². The van der Waals surface area contributed by atoms with Crippen molar-refractivity contribution in [2.45, 2.75) is 39.7 Å². The predicted octanol–water partition coefficient (Wildman–Crippen LogP) is 2.44. The molecule has 1 aromatic rings. The molecule has 96 valence electrons. The van der Waals surface area contributed by atoms with Crippen molar-refractivity contribution in [2.75, 3.05) is 25.1 Å². The molecule has 0 atom stereocenters. The Bertz CT molecular complexity index is 342. The minimum absolute atomic E-state index is 0.736. The highest BCUT2D eigenvalue weighted by Crippen LogP contribution is 2.19. The van der Waals surface area contributed by atoms with Crippen LogP contribution in [0.3, 0.4) is 0 Å². The van der Waals surface area contributed by atoms with Gasteiger partial charge < -0.3 is 14.6 Å². The van der Waals surface area contributed by atoms with Crippen molar-refractivity contribution >= 4 is 5.95 Å². The highest BCUT2D eigenvalue weighted by Gasteiger charge is 2.16. The molecule has 1 fully saturated rings. The van der Waals surface area contributed by atoms with E-state index in [2.05, 4.69) is 34.9 Å². The fourth-order valence-electron chi connectivity index (χ4n) is 2.27. The Labute approximate surface area is 103 Å². The van der Waals surface area contributed by atoms with Crippen LogP contribution in [0.5, 0.6) is 0 Å². The number of aryl methyl sites for hydroxylation is 1. The maximum Gasteiger partial charge on any atom is 0.203 e. The number of rotatable bonds is 5. The van der Waals surface area contributed by atoms with Crippen molar-refractivity contribution in [1.29, 1.82) is 0 Å². The normalized spacial score (nSPS) is 17.3. The van der Waals surface area contributed by atoms with E-state index in [0.717, 1.165) is 50.3 Å². The van der Waals surface area contributed by atoms with Crippen LogP contribution in [0.4, 0.5) is 5.95 Å². The van der Waals surface area contributed by atoms with E-state index in [9.17, 15) is 0 Å². The second kappa shape index (κ2) is 6.05. The van der Waals surface area contributed by atoms with Crippen molar-refractivity contribution in [3.05, 3.63) is 11.9 Å². The molecule has 1 aliphatic rings. The molecule has 0 aliphatic carbocycles. The van der Waals surface area contributed by atoms with Gasteiger partial charge in [0.1, 0.15) is 0 Å². The van der Waals surface area contributed by atoms with Crippen molar-refractivity contribution < 1.29 is 4.74 Å². The molecule has 0 radical (unpaired) electrons. The van der Waals surface area contributed by atoms with E-state index < -0.39 is 0 Å². The minimum atomic E-state index is 0.736. The fraction of sp³-hybridized carbons (Fsp3) is 0.769. The SMILES string of the molecule is CCCNc1nc(C)cn1CC1CCOCC1. The van der Waals surface area contributed by atoms with Crippen molar-refractivity contribution in [1.82, 2.24) is 9.55 Å². The Morgan fingerprint density at radius 2 is 2.24 bits per heavy atom. The summed E-state index contributed by atoms with van der Waals surface area (Å²) in [6.07, 6.45) is 5.62. The zero-order chi connectivity index (χ0) is 12.1. The summed E-state index contributed by atoms with van der Waals surface area (Å²) in [5, 5.41) is 3.39. The highest BCUT2D eigenvalue weighted by atomic mass is 16.5. The molecule has 4 heteroatoms. The molecule has 0 aromatic carbocycles. The molecule has 1 N–H and O–H groups in total. The van der Waals surface area contributed by atoms with Gasteiger partial charge in [-0.25, -0.2) is 4.98 Å². The van der Waals surface area contributed by atoms with Crippen LogP contribution < -0.4 is 5.32 Å². The molecule has 0 saturated carbocycles. The number of hydrogen-bond donors (Lipinski definition) is 1. The Morgan fingerprint density at radius 3 is 2.94 bits per heavy atom. The van der Waals surface area contributed by atoms with E-state index in [1.54, 1.807) is 0 Å². The second-order valence-corrected chi connectivity index (χ2v) is 4.84. The number of ether oxygens (including phenoxy) is 1. The zero-order valence-electron chi connectivity index (χ0n) is 10.9.